The van der Waals surface area contributed by atoms with E-state index in [0.717, 1.165) is 18.4 Å². The molecule has 3 rings (SSSR count). The number of rotatable bonds is 7. The average molecular weight is 379 g/mol. The maximum atomic E-state index is 12.4. The molecule has 0 heterocycles. The van der Waals surface area contributed by atoms with Crippen LogP contribution in [0, 0.1) is 0 Å². The lowest BCUT2D eigenvalue weighted by atomic mass is 9.89. The van der Waals surface area contributed by atoms with Crippen LogP contribution >= 0.6 is 0 Å². The van der Waals surface area contributed by atoms with Crippen LogP contribution in [0.2, 0.25) is 0 Å². The van der Waals surface area contributed by atoms with E-state index in [1.165, 1.54) is 24.0 Å². The molecule has 0 aromatic heterocycles. The van der Waals surface area contributed by atoms with Gasteiger partial charge in [0.05, 0.1) is 0 Å². The predicted molar refractivity (Wildman–Crippen MR) is 108 cm³/mol. The number of amides is 3. The topological polar surface area (TPSA) is 101 Å². The van der Waals surface area contributed by atoms with Gasteiger partial charge in [-0.05, 0) is 60.6 Å². The number of primary amides is 1. The van der Waals surface area contributed by atoms with E-state index in [4.69, 9.17) is 5.73 Å². The van der Waals surface area contributed by atoms with Gasteiger partial charge < -0.3 is 16.4 Å². The van der Waals surface area contributed by atoms with Crippen molar-refractivity contribution < 1.29 is 14.4 Å². The Morgan fingerprint density at radius 1 is 0.893 bits per heavy atom. The first kappa shape index (κ1) is 19.6. The van der Waals surface area contributed by atoms with Gasteiger partial charge in [-0.25, -0.2) is 4.79 Å². The zero-order valence-electron chi connectivity index (χ0n) is 15.8. The highest BCUT2D eigenvalue weighted by Crippen LogP contribution is 2.23. The number of Topliss-reactive ketones (excluding diaryl/α,β-unsaturated/α-hetero) is 1. The van der Waals surface area contributed by atoms with Gasteiger partial charge >= 0.3 is 6.03 Å². The summed E-state index contributed by atoms with van der Waals surface area (Å²) in [5.74, 6) is -0.156. The van der Waals surface area contributed by atoms with Crippen LogP contribution < -0.4 is 16.4 Å². The maximum Gasteiger partial charge on any atom is 0.316 e. The summed E-state index contributed by atoms with van der Waals surface area (Å²) < 4.78 is 0. The van der Waals surface area contributed by atoms with E-state index in [9.17, 15) is 14.4 Å². The molecule has 6 heteroatoms. The van der Waals surface area contributed by atoms with Crippen molar-refractivity contribution in [1.82, 2.24) is 5.32 Å². The van der Waals surface area contributed by atoms with Crippen LogP contribution in [0.4, 0.5) is 10.5 Å². The van der Waals surface area contributed by atoms with Crippen LogP contribution in [-0.2, 0) is 24.2 Å². The number of hydrogen-bond donors (Lipinski definition) is 3. The van der Waals surface area contributed by atoms with Crippen molar-refractivity contribution in [2.75, 3.05) is 5.32 Å². The lowest BCUT2D eigenvalue weighted by Crippen LogP contribution is -2.23. The van der Waals surface area contributed by atoms with Crippen molar-refractivity contribution in [1.29, 1.82) is 0 Å². The molecule has 6 nitrogen and oxygen atoms in total. The highest BCUT2D eigenvalue weighted by molar-refractivity contribution is 5.98. The van der Waals surface area contributed by atoms with Crippen LogP contribution in [0.1, 0.15) is 52.7 Å². The summed E-state index contributed by atoms with van der Waals surface area (Å²) in [5, 5.41) is 5.29. The third-order valence-corrected chi connectivity index (χ3v) is 4.96. The minimum atomic E-state index is -0.621. The first-order chi connectivity index (χ1) is 13.5. The second-order valence-corrected chi connectivity index (χ2v) is 7.08. The van der Waals surface area contributed by atoms with Gasteiger partial charge in [-0.1, -0.05) is 24.3 Å². The van der Waals surface area contributed by atoms with E-state index < -0.39 is 6.03 Å². The third-order valence-electron chi connectivity index (χ3n) is 4.96. The molecular formula is C22H25N3O3. The fourth-order valence-corrected chi connectivity index (χ4v) is 3.42. The van der Waals surface area contributed by atoms with Crippen LogP contribution in [0.25, 0.3) is 0 Å². The fraction of sp³-hybridized carbons (Fsp3) is 0.318. The average Bonchev–Trinajstić information content (AvgIpc) is 2.70. The van der Waals surface area contributed by atoms with E-state index in [1.54, 1.807) is 24.3 Å². The number of anilines is 1. The van der Waals surface area contributed by atoms with Crippen LogP contribution in [0.3, 0.4) is 0 Å². The molecule has 0 bridgehead atoms. The lowest BCUT2D eigenvalue weighted by Gasteiger charge is -2.16. The van der Waals surface area contributed by atoms with Crippen LogP contribution in [0.15, 0.2) is 42.5 Å². The van der Waals surface area contributed by atoms with Gasteiger partial charge in [0.25, 0.3) is 0 Å². The summed E-state index contributed by atoms with van der Waals surface area (Å²) in [4.78, 5) is 35.3. The summed E-state index contributed by atoms with van der Waals surface area (Å²) in [7, 11) is 0. The molecule has 0 saturated carbocycles. The fourth-order valence-electron chi connectivity index (χ4n) is 3.42. The standard InChI is InChI=1S/C22H25N3O3/c23-22(28)25-19-9-5-15(6-10-19)14-24-21(27)12-11-20(26)18-8-7-16-3-1-2-4-17(16)13-18/h5-10,13H,1-4,11-12,14H2,(H,24,27)(H3,23,25,28). The number of fused-ring (bicyclic) bond motifs is 1. The summed E-state index contributed by atoms with van der Waals surface area (Å²) in [6.07, 6.45) is 4.87. The van der Waals surface area contributed by atoms with Crippen molar-refractivity contribution in [3.8, 4) is 0 Å². The Labute approximate surface area is 164 Å². The first-order valence-corrected chi connectivity index (χ1v) is 9.58. The van der Waals surface area contributed by atoms with Crippen LogP contribution in [-0.4, -0.2) is 17.7 Å². The largest absolute Gasteiger partial charge is 0.352 e. The zero-order chi connectivity index (χ0) is 19.9. The van der Waals surface area contributed by atoms with Gasteiger partial charge in [0.15, 0.2) is 5.78 Å². The minimum absolute atomic E-state index is 0.00500. The number of nitrogens with one attached hydrogen (secondary N) is 2. The molecule has 0 unspecified atom stereocenters. The molecular weight excluding hydrogens is 354 g/mol. The first-order valence-electron chi connectivity index (χ1n) is 9.58. The Morgan fingerprint density at radius 3 is 2.32 bits per heavy atom. The normalized spacial score (nSPS) is 12.7. The molecule has 146 valence electrons. The van der Waals surface area contributed by atoms with Crippen molar-refractivity contribution in [2.24, 2.45) is 5.73 Å². The second-order valence-electron chi connectivity index (χ2n) is 7.08. The van der Waals surface area contributed by atoms with Gasteiger partial charge in [-0.3, -0.25) is 9.59 Å². The molecule has 3 amide bonds. The lowest BCUT2D eigenvalue weighted by molar-refractivity contribution is -0.121. The summed E-state index contributed by atoms with van der Waals surface area (Å²) in [5.41, 5.74) is 9.87. The number of hydrogen-bond acceptors (Lipinski definition) is 3. The molecule has 0 saturated heterocycles. The van der Waals surface area contributed by atoms with Crippen molar-refractivity contribution in [2.45, 2.75) is 45.1 Å². The number of nitrogens with two attached hydrogens (primary N) is 1. The van der Waals surface area contributed by atoms with Gasteiger partial charge in [-0.15, -0.1) is 0 Å². The van der Waals surface area contributed by atoms with Crippen molar-refractivity contribution in [3.63, 3.8) is 0 Å². The van der Waals surface area contributed by atoms with E-state index in [0.29, 0.717) is 17.8 Å². The van der Waals surface area contributed by atoms with Crippen molar-refractivity contribution >= 4 is 23.4 Å². The molecule has 0 radical (unpaired) electrons. The number of aryl methyl sites for hydroxylation is 2. The Bertz CT molecular complexity index is 875. The van der Waals surface area contributed by atoms with E-state index in [-0.39, 0.29) is 24.5 Å². The minimum Gasteiger partial charge on any atom is -0.352 e. The number of carbonyl (C=O) groups excluding carboxylic acids is 3. The van der Waals surface area contributed by atoms with E-state index >= 15 is 0 Å². The third kappa shape index (κ3) is 5.42. The van der Waals surface area contributed by atoms with Gasteiger partial charge in [0, 0.05) is 30.6 Å². The molecule has 0 fully saturated rings. The smallest absolute Gasteiger partial charge is 0.316 e. The molecule has 28 heavy (non-hydrogen) atoms. The summed E-state index contributed by atoms with van der Waals surface area (Å²) >= 11 is 0. The summed E-state index contributed by atoms with van der Waals surface area (Å²) in [6.45, 7) is 0.364. The van der Waals surface area contributed by atoms with Gasteiger partial charge in [-0.2, -0.15) is 0 Å². The molecule has 2 aromatic carbocycles. The van der Waals surface area contributed by atoms with Crippen molar-refractivity contribution in [3.05, 3.63) is 64.7 Å². The Kier molecular flexibility index (Phi) is 6.42. The monoisotopic (exact) mass is 379 g/mol. The molecule has 0 aliphatic heterocycles. The Balaban J connectivity index is 1.45. The quantitative estimate of drug-likeness (QED) is 0.643. The second kappa shape index (κ2) is 9.17. The molecule has 1 aliphatic carbocycles. The van der Waals surface area contributed by atoms with E-state index in [2.05, 4.69) is 16.7 Å². The predicted octanol–water partition coefficient (Wildman–Crippen LogP) is 3.34. The Morgan fingerprint density at radius 2 is 1.61 bits per heavy atom. The number of benzene rings is 2. The molecule has 2 aromatic rings. The molecule has 1 aliphatic rings. The van der Waals surface area contributed by atoms with Gasteiger partial charge in [0.2, 0.25) is 5.91 Å². The SMILES string of the molecule is NC(=O)Nc1ccc(CNC(=O)CCC(=O)c2ccc3c(c2)CCCC3)cc1. The summed E-state index contributed by atoms with van der Waals surface area (Å²) in [6, 6.07) is 12.3. The van der Waals surface area contributed by atoms with Gasteiger partial charge in [0.1, 0.15) is 0 Å². The highest BCUT2D eigenvalue weighted by Gasteiger charge is 2.14. The number of carbonyl (C=O) groups is 3. The highest BCUT2D eigenvalue weighted by atomic mass is 16.2. The Hall–Kier alpha value is -3.15. The van der Waals surface area contributed by atoms with E-state index in [1.807, 2.05) is 12.1 Å². The maximum absolute atomic E-state index is 12.4. The van der Waals surface area contributed by atoms with Crippen LogP contribution in [0.5, 0.6) is 0 Å². The number of ketones is 1. The number of urea groups is 1. The molecule has 4 N–H and O–H groups in total. The zero-order valence-corrected chi connectivity index (χ0v) is 15.8. The molecule has 0 spiro atoms. The molecule has 0 atom stereocenters.